The van der Waals surface area contributed by atoms with Crippen molar-refractivity contribution in [2.24, 2.45) is 5.92 Å². The van der Waals surface area contributed by atoms with Crippen molar-refractivity contribution >= 4 is 51.6 Å². The number of nitrogens with two attached hydrogens (primary N) is 1. The number of nitro groups is 2. The lowest BCUT2D eigenvalue weighted by Gasteiger charge is -2.21. The molecule has 25 heteroatoms. The lowest BCUT2D eigenvalue weighted by Crippen LogP contribution is -2.26. The second-order valence-electron chi connectivity index (χ2n) is 10.7. The molecule has 0 aliphatic carbocycles. The highest BCUT2D eigenvalue weighted by molar-refractivity contribution is 7.66. The molecular formula is C23H30N5O17P3. The molecule has 4 rings (SSSR count). The van der Waals surface area contributed by atoms with Crippen molar-refractivity contribution in [1.82, 2.24) is 9.55 Å². The fourth-order valence-corrected chi connectivity index (χ4v) is 8.09. The Labute approximate surface area is 269 Å². The molecule has 1 saturated heterocycles. The quantitative estimate of drug-likeness (QED) is 0.0738. The number of nitro benzene ring substituents is 2. The molecule has 4 unspecified atom stereocenters. The Morgan fingerprint density at radius 3 is 2.25 bits per heavy atom. The zero-order valence-corrected chi connectivity index (χ0v) is 27.5. The van der Waals surface area contributed by atoms with Gasteiger partial charge in [-0.3, -0.25) is 24.8 Å². The first-order chi connectivity index (χ1) is 22.2. The van der Waals surface area contributed by atoms with Gasteiger partial charge in [-0.2, -0.15) is 8.62 Å². The van der Waals surface area contributed by atoms with Crippen LogP contribution in [0, 0.1) is 26.1 Å². The van der Waals surface area contributed by atoms with Crippen LogP contribution in [0.15, 0.2) is 36.7 Å². The van der Waals surface area contributed by atoms with Gasteiger partial charge in [0.2, 0.25) is 0 Å². The number of rotatable bonds is 15. The number of fused-ring (bicyclic) bond motifs is 1. The van der Waals surface area contributed by atoms with Crippen LogP contribution < -0.4 is 5.73 Å². The second-order valence-corrected chi connectivity index (χ2v) is 15.1. The van der Waals surface area contributed by atoms with Crippen LogP contribution in [0.3, 0.4) is 0 Å². The van der Waals surface area contributed by atoms with Gasteiger partial charge in [0.25, 0.3) is 11.4 Å². The van der Waals surface area contributed by atoms with Crippen LogP contribution in [0.1, 0.15) is 43.7 Å². The van der Waals surface area contributed by atoms with Gasteiger partial charge in [-0.15, -0.1) is 0 Å². The van der Waals surface area contributed by atoms with Crippen LogP contribution in [0.5, 0.6) is 0 Å². The highest BCUT2D eigenvalue weighted by Gasteiger charge is 2.43. The topological polar surface area (TPSA) is 329 Å². The summed E-state index contributed by atoms with van der Waals surface area (Å²) < 4.78 is 59.8. The van der Waals surface area contributed by atoms with E-state index in [-0.39, 0.29) is 29.9 Å². The van der Waals surface area contributed by atoms with Gasteiger partial charge in [0.1, 0.15) is 23.5 Å². The molecule has 0 bridgehead atoms. The summed E-state index contributed by atoms with van der Waals surface area (Å²) in [7, 11) is -16.9. The van der Waals surface area contributed by atoms with Crippen LogP contribution in [0.25, 0.3) is 11.0 Å². The SMILES string of the molecule is CC(C)C(OCc1cn([C@H]2CC(O)[C@@H](COP(=O)(O)OP(=O)(O)OP(=O)(O)O)O2)c2nccc(N)c12)c1c([N+](=O)[O-])cccc1[N+](=O)[O-]. The van der Waals surface area contributed by atoms with Crippen molar-refractivity contribution in [3.8, 4) is 0 Å². The number of nitrogen functional groups attached to an aromatic ring is 1. The average molecular weight is 741 g/mol. The third-order valence-electron chi connectivity index (χ3n) is 6.92. The van der Waals surface area contributed by atoms with Gasteiger partial charge in [0, 0.05) is 47.6 Å². The summed E-state index contributed by atoms with van der Waals surface area (Å²) >= 11 is 0. The Kier molecular flexibility index (Phi) is 11.2. The molecule has 0 radical (unpaired) electrons. The Morgan fingerprint density at radius 1 is 1.06 bits per heavy atom. The average Bonchev–Trinajstić information content (AvgIpc) is 3.50. The Balaban J connectivity index is 1.57. The van der Waals surface area contributed by atoms with E-state index >= 15 is 0 Å². The molecular weight excluding hydrogens is 711 g/mol. The molecule has 2 aromatic heterocycles. The minimum absolute atomic E-state index is 0.151. The highest BCUT2D eigenvalue weighted by atomic mass is 31.3. The first-order valence-electron chi connectivity index (χ1n) is 13.6. The van der Waals surface area contributed by atoms with Gasteiger partial charge in [0.05, 0.1) is 35.3 Å². The van der Waals surface area contributed by atoms with Gasteiger partial charge < -0.3 is 44.5 Å². The van der Waals surface area contributed by atoms with Crippen LogP contribution in [-0.2, 0) is 42.9 Å². The van der Waals surface area contributed by atoms with Gasteiger partial charge in [0.15, 0.2) is 0 Å². The van der Waals surface area contributed by atoms with Gasteiger partial charge in [-0.05, 0) is 18.1 Å². The maximum absolute atomic E-state index is 12.1. The molecule has 6 atom stereocenters. The smallest absolute Gasteiger partial charge is 0.398 e. The van der Waals surface area contributed by atoms with Crippen LogP contribution in [0.4, 0.5) is 17.1 Å². The fourth-order valence-electron chi connectivity index (χ4n) is 5.06. The highest BCUT2D eigenvalue weighted by Crippen LogP contribution is 2.66. The van der Waals surface area contributed by atoms with Crippen molar-refractivity contribution in [3.05, 3.63) is 68.0 Å². The Hall–Kier alpha value is -3.20. The molecule has 1 fully saturated rings. The summed E-state index contributed by atoms with van der Waals surface area (Å²) in [6, 6.07) is 4.96. The molecule has 22 nitrogen and oxygen atoms in total. The van der Waals surface area contributed by atoms with Crippen molar-refractivity contribution in [1.29, 1.82) is 0 Å². The zero-order valence-electron chi connectivity index (χ0n) is 24.8. The van der Waals surface area contributed by atoms with Crippen LogP contribution in [-0.4, -0.2) is 62.9 Å². The predicted octanol–water partition coefficient (Wildman–Crippen LogP) is 3.34. The fraction of sp³-hybridized carbons (Fsp3) is 0.435. The third kappa shape index (κ3) is 8.87. The zero-order chi connectivity index (χ0) is 35.8. The molecule has 0 amide bonds. The van der Waals surface area contributed by atoms with Crippen LogP contribution >= 0.6 is 23.5 Å². The van der Waals surface area contributed by atoms with E-state index < -0.39 is 81.8 Å². The molecule has 1 aromatic carbocycles. The minimum atomic E-state index is -5.76. The lowest BCUT2D eigenvalue weighted by molar-refractivity contribution is -0.397. The van der Waals surface area contributed by atoms with E-state index in [0.29, 0.717) is 10.9 Å². The summed E-state index contributed by atoms with van der Waals surface area (Å²) in [6.07, 6.45) is -2.11. The van der Waals surface area contributed by atoms with Crippen molar-refractivity contribution < 1.29 is 70.8 Å². The summed E-state index contributed by atoms with van der Waals surface area (Å²) in [4.78, 5) is 62.8. The number of ether oxygens (including phenoxy) is 2. The van der Waals surface area contributed by atoms with E-state index in [0.717, 1.165) is 12.1 Å². The summed E-state index contributed by atoms with van der Waals surface area (Å²) in [5.74, 6) is -0.475. The van der Waals surface area contributed by atoms with E-state index in [4.69, 9.17) is 25.0 Å². The minimum Gasteiger partial charge on any atom is -0.398 e. The molecule has 3 aromatic rings. The van der Waals surface area contributed by atoms with E-state index in [1.165, 1.54) is 29.1 Å². The van der Waals surface area contributed by atoms with Gasteiger partial charge in [-0.25, -0.2) is 18.7 Å². The molecule has 48 heavy (non-hydrogen) atoms. The Morgan fingerprint density at radius 2 is 1.69 bits per heavy atom. The maximum Gasteiger partial charge on any atom is 0.490 e. The number of phosphoric acid groups is 3. The Bertz CT molecular complexity index is 1820. The van der Waals surface area contributed by atoms with Gasteiger partial charge in [-0.1, -0.05) is 13.8 Å². The van der Waals surface area contributed by atoms with E-state index in [9.17, 15) is 48.8 Å². The first-order valence-corrected chi connectivity index (χ1v) is 18.1. The normalized spacial score (nSPS) is 21.6. The summed E-state index contributed by atoms with van der Waals surface area (Å²) in [5.41, 5.74) is 5.87. The molecule has 7 N–H and O–H groups in total. The van der Waals surface area contributed by atoms with E-state index in [2.05, 4.69) is 18.1 Å². The molecule has 264 valence electrons. The molecule has 3 heterocycles. The van der Waals surface area contributed by atoms with E-state index in [1.807, 2.05) is 0 Å². The number of benzene rings is 1. The third-order valence-corrected chi connectivity index (χ3v) is 10.7. The van der Waals surface area contributed by atoms with Crippen molar-refractivity contribution in [2.45, 2.75) is 51.4 Å². The standard InChI is InChI=1S/C23H30N5O17P3/c1-12(2)22(21-15(27(30)31)4-3-5-16(21)28(32)33)41-10-13-9-26(23-20(13)14(24)6-7-25-23)19-8-17(29)18(43-19)11-42-47(37,38)45-48(39,40)44-46(34,35)36/h3-7,9,12,17-19,22,29H,8,10-11H2,1-2H3,(H2,24,25)(H,37,38)(H,39,40)(H2,34,35,36)/t17?,18-,19-,22?/m1/s1. The summed E-state index contributed by atoms with van der Waals surface area (Å²) in [6.45, 7) is 2.16. The number of anilines is 1. The van der Waals surface area contributed by atoms with Crippen molar-refractivity contribution in [3.63, 3.8) is 0 Å². The number of phosphoric ester groups is 1. The number of aromatic nitrogens is 2. The monoisotopic (exact) mass is 741 g/mol. The number of pyridine rings is 1. The molecule has 0 saturated carbocycles. The number of hydrogen-bond donors (Lipinski definition) is 6. The number of aliphatic hydroxyl groups is 1. The predicted molar refractivity (Wildman–Crippen MR) is 161 cm³/mol. The second kappa shape index (κ2) is 14.3. The largest absolute Gasteiger partial charge is 0.490 e. The first kappa shape index (κ1) is 37.6. The number of aliphatic hydroxyl groups excluding tert-OH is 1. The summed E-state index contributed by atoms with van der Waals surface area (Å²) in [5, 5.41) is 34.6. The molecule has 1 aliphatic heterocycles. The maximum atomic E-state index is 12.1. The van der Waals surface area contributed by atoms with Gasteiger partial charge >= 0.3 is 23.5 Å². The number of hydrogen-bond acceptors (Lipinski definition) is 15. The molecule has 0 spiro atoms. The lowest BCUT2D eigenvalue weighted by atomic mass is 9.95. The number of nitrogens with zero attached hydrogens (tertiary/aromatic N) is 4. The van der Waals surface area contributed by atoms with E-state index in [1.54, 1.807) is 13.8 Å². The molecule has 1 aliphatic rings. The van der Waals surface area contributed by atoms with Crippen molar-refractivity contribution in [2.75, 3.05) is 12.3 Å². The van der Waals surface area contributed by atoms with Crippen LogP contribution in [0.2, 0.25) is 0 Å².